The van der Waals surface area contributed by atoms with Crippen molar-refractivity contribution in [3.8, 4) is 5.75 Å². The molecule has 2 rings (SSSR count). The lowest BCUT2D eigenvalue weighted by atomic mass is 10.0. The third-order valence-corrected chi connectivity index (χ3v) is 4.52. The number of aliphatic hydroxyl groups is 2. The standard InChI is InChI=1S/C21H25NO5/c1-12(10-13(2)14(3)23)4-9-18(25)19-20(26)17(22-21(19)27)11-15-5-7-16(24)8-6-15/h4-10,13-14,17,23-25H,11H2,1-3H3,(H,22,27)/b9-4+,12-10+,19-18+/t13-,14-,17-/m0/s1. The summed E-state index contributed by atoms with van der Waals surface area (Å²) in [6.45, 7) is 5.35. The molecule has 4 N–H and O–H groups in total. The van der Waals surface area contributed by atoms with E-state index in [4.69, 9.17) is 0 Å². The first-order valence-corrected chi connectivity index (χ1v) is 8.79. The quantitative estimate of drug-likeness (QED) is 0.266. The molecule has 0 saturated carbocycles. The van der Waals surface area contributed by atoms with Gasteiger partial charge in [-0.3, -0.25) is 9.59 Å². The number of nitrogens with one attached hydrogen (secondary N) is 1. The van der Waals surface area contributed by atoms with Crippen molar-refractivity contribution in [2.24, 2.45) is 5.92 Å². The van der Waals surface area contributed by atoms with Gasteiger partial charge in [0, 0.05) is 12.3 Å². The smallest absolute Gasteiger partial charge is 0.259 e. The lowest BCUT2D eigenvalue weighted by Crippen LogP contribution is -2.31. The molecule has 0 bridgehead atoms. The van der Waals surface area contributed by atoms with Crippen molar-refractivity contribution in [3.05, 3.63) is 65.0 Å². The molecule has 1 saturated heterocycles. The highest BCUT2D eigenvalue weighted by molar-refractivity contribution is 6.27. The van der Waals surface area contributed by atoms with Gasteiger partial charge in [-0.15, -0.1) is 0 Å². The minimum absolute atomic E-state index is 0.0597. The van der Waals surface area contributed by atoms with Gasteiger partial charge in [-0.1, -0.05) is 36.8 Å². The van der Waals surface area contributed by atoms with E-state index in [1.54, 1.807) is 32.1 Å². The van der Waals surface area contributed by atoms with Crippen LogP contribution in [0.3, 0.4) is 0 Å². The normalized spacial score (nSPS) is 22.1. The van der Waals surface area contributed by atoms with Crippen LogP contribution in [0.15, 0.2) is 59.4 Å². The van der Waals surface area contributed by atoms with Gasteiger partial charge in [-0.25, -0.2) is 0 Å². The maximum absolute atomic E-state index is 12.5. The molecule has 0 aliphatic carbocycles. The van der Waals surface area contributed by atoms with E-state index in [1.165, 1.54) is 18.2 Å². The fraction of sp³-hybridized carbons (Fsp3) is 0.333. The highest BCUT2D eigenvalue weighted by Crippen LogP contribution is 2.20. The van der Waals surface area contributed by atoms with Crippen molar-refractivity contribution < 1.29 is 24.9 Å². The number of hydrogen-bond acceptors (Lipinski definition) is 5. The van der Waals surface area contributed by atoms with Gasteiger partial charge in [-0.05, 0) is 37.6 Å². The van der Waals surface area contributed by atoms with E-state index in [0.717, 1.165) is 11.1 Å². The van der Waals surface area contributed by atoms with Gasteiger partial charge in [0.05, 0.1) is 12.1 Å². The molecule has 1 aromatic rings. The summed E-state index contributed by atoms with van der Waals surface area (Å²) in [5.41, 5.74) is 1.32. The Morgan fingerprint density at radius 3 is 2.41 bits per heavy atom. The van der Waals surface area contributed by atoms with Crippen LogP contribution in [0.4, 0.5) is 0 Å². The van der Waals surface area contributed by atoms with Gasteiger partial charge < -0.3 is 20.6 Å². The largest absolute Gasteiger partial charge is 0.508 e. The van der Waals surface area contributed by atoms with Crippen LogP contribution >= 0.6 is 0 Å². The molecule has 6 heteroatoms. The number of amides is 1. The fourth-order valence-corrected chi connectivity index (χ4v) is 2.74. The Hall–Kier alpha value is -2.86. The number of phenols is 1. The van der Waals surface area contributed by atoms with Crippen LogP contribution in [-0.2, 0) is 16.0 Å². The minimum Gasteiger partial charge on any atom is -0.508 e. The van der Waals surface area contributed by atoms with Crippen molar-refractivity contribution in [2.45, 2.75) is 39.3 Å². The molecule has 3 atom stereocenters. The molecule has 144 valence electrons. The Kier molecular flexibility index (Phi) is 6.58. The summed E-state index contributed by atoms with van der Waals surface area (Å²) in [4.78, 5) is 24.6. The molecule has 0 spiro atoms. The molecule has 0 radical (unpaired) electrons. The van der Waals surface area contributed by atoms with E-state index in [1.807, 2.05) is 13.0 Å². The minimum atomic E-state index is -0.750. The third-order valence-electron chi connectivity index (χ3n) is 4.52. The third kappa shape index (κ3) is 5.31. The number of rotatable bonds is 6. The lowest BCUT2D eigenvalue weighted by Gasteiger charge is -2.09. The average Bonchev–Trinajstić information content (AvgIpc) is 2.88. The summed E-state index contributed by atoms with van der Waals surface area (Å²) in [5, 5.41) is 31.6. The summed E-state index contributed by atoms with van der Waals surface area (Å²) in [7, 11) is 0. The van der Waals surface area contributed by atoms with Gasteiger partial charge in [-0.2, -0.15) is 0 Å². The molecule has 1 aliphatic rings. The first-order valence-electron chi connectivity index (χ1n) is 8.79. The van der Waals surface area contributed by atoms with Gasteiger partial charge in [0.1, 0.15) is 17.1 Å². The number of phenolic OH excluding ortho intramolecular Hbond substituents is 1. The van der Waals surface area contributed by atoms with Crippen LogP contribution in [0.5, 0.6) is 5.75 Å². The molecule has 1 aliphatic heterocycles. The molecule has 1 fully saturated rings. The van der Waals surface area contributed by atoms with Gasteiger partial charge in [0.25, 0.3) is 5.91 Å². The van der Waals surface area contributed by atoms with E-state index < -0.39 is 23.8 Å². The van der Waals surface area contributed by atoms with Crippen molar-refractivity contribution in [2.75, 3.05) is 0 Å². The zero-order valence-electron chi connectivity index (χ0n) is 15.6. The molecule has 0 aromatic heterocycles. The van der Waals surface area contributed by atoms with Gasteiger partial charge in [0.15, 0.2) is 5.78 Å². The molecular formula is C21H25NO5. The van der Waals surface area contributed by atoms with Crippen molar-refractivity contribution in [3.63, 3.8) is 0 Å². The second-order valence-electron chi connectivity index (χ2n) is 6.86. The average molecular weight is 371 g/mol. The SMILES string of the molecule is CC(/C=C/C(O)=C1\C(=O)N[C@@H](Cc2ccc(O)cc2)C1=O)=C\[C@H](C)[C@H](C)O. The number of allylic oxidation sites excluding steroid dienone is 3. The highest BCUT2D eigenvalue weighted by Gasteiger charge is 2.37. The molecular weight excluding hydrogens is 346 g/mol. The number of ketones is 1. The molecule has 6 nitrogen and oxygen atoms in total. The fourth-order valence-electron chi connectivity index (χ4n) is 2.74. The van der Waals surface area contributed by atoms with Gasteiger partial charge >= 0.3 is 0 Å². The van der Waals surface area contributed by atoms with Crippen molar-refractivity contribution in [1.82, 2.24) is 5.32 Å². The Labute approximate surface area is 158 Å². The summed E-state index contributed by atoms with van der Waals surface area (Å²) in [6.07, 6.45) is 4.52. The number of aromatic hydroxyl groups is 1. The number of aliphatic hydroxyl groups excluding tert-OH is 2. The second-order valence-corrected chi connectivity index (χ2v) is 6.86. The van der Waals surface area contributed by atoms with Crippen LogP contribution in [0.2, 0.25) is 0 Å². The predicted octanol–water partition coefficient (Wildman–Crippen LogP) is 2.33. The summed E-state index contributed by atoms with van der Waals surface area (Å²) < 4.78 is 0. The highest BCUT2D eigenvalue weighted by atomic mass is 16.3. The summed E-state index contributed by atoms with van der Waals surface area (Å²) in [5.74, 6) is -1.39. The van der Waals surface area contributed by atoms with Crippen molar-refractivity contribution in [1.29, 1.82) is 0 Å². The zero-order valence-corrected chi connectivity index (χ0v) is 15.6. The Bertz CT molecular complexity index is 802. The maximum atomic E-state index is 12.5. The lowest BCUT2D eigenvalue weighted by molar-refractivity contribution is -0.117. The van der Waals surface area contributed by atoms with E-state index in [2.05, 4.69) is 5.32 Å². The van der Waals surface area contributed by atoms with Crippen LogP contribution in [0.25, 0.3) is 0 Å². The second kappa shape index (κ2) is 8.68. The first kappa shape index (κ1) is 20.5. The van der Waals surface area contributed by atoms with E-state index in [-0.39, 0.29) is 29.4 Å². The monoisotopic (exact) mass is 371 g/mol. The topological polar surface area (TPSA) is 107 Å². The molecule has 0 unspecified atom stereocenters. The summed E-state index contributed by atoms with van der Waals surface area (Å²) in [6, 6.07) is 5.62. The number of carbonyl (C=O) groups excluding carboxylic acids is 2. The van der Waals surface area contributed by atoms with Crippen LogP contribution in [-0.4, -0.2) is 39.2 Å². The summed E-state index contributed by atoms with van der Waals surface area (Å²) >= 11 is 0. The molecule has 1 amide bonds. The van der Waals surface area contributed by atoms with Crippen LogP contribution in [0.1, 0.15) is 26.3 Å². The first-order chi connectivity index (χ1) is 12.7. The molecule has 1 heterocycles. The Balaban J connectivity index is 2.14. The van der Waals surface area contributed by atoms with E-state index in [9.17, 15) is 24.9 Å². The number of Topliss-reactive ketones (excluding diaryl/α,β-unsaturated/α-hetero) is 1. The van der Waals surface area contributed by atoms with Crippen LogP contribution in [0, 0.1) is 5.92 Å². The Morgan fingerprint density at radius 2 is 1.81 bits per heavy atom. The molecule has 27 heavy (non-hydrogen) atoms. The van der Waals surface area contributed by atoms with Gasteiger partial charge in [0.2, 0.25) is 0 Å². The van der Waals surface area contributed by atoms with Crippen LogP contribution < -0.4 is 5.32 Å². The Morgan fingerprint density at radius 1 is 1.19 bits per heavy atom. The zero-order chi connectivity index (χ0) is 20.1. The van der Waals surface area contributed by atoms with E-state index >= 15 is 0 Å². The number of benzene rings is 1. The van der Waals surface area contributed by atoms with E-state index in [0.29, 0.717) is 0 Å². The molecule has 1 aromatic carbocycles. The number of hydrogen-bond donors (Lipinski definition) is 4. The predicted molar refractivity (Wildman–Crippen MR) is 102 cm³/mol. The maximum Gasteiger partial charge on any atom is 0.259 e. The van der Waals surface area contributed by atoms with Crippen molar-refractivity contribution >= 4 is 11.7 Å². The number of carbonyl (C=O) groups is 2.